The van der Waals surface area contributed by atoms with Gasteiger partial charge in [0.15, 0.2) is 5.16 Å². The molecule has 138 valence electrons. The van der Waals surface area contributed by atoms with E-state index in [1.807, 2.05) is 52.0 Å². The summed E-state index contributed by atoms with van der Waals surface area (Å²) in [7, 11) is 0. The van der Waals surface area contributed by atoms with Crippen molar-refractivity contribution in [3.63, 3.8) is 0 Å². The molecule has 2 aromatic heterocycles. The maximum atomic E-state index is 12.8. The number of aryl methyl sites for hydroxylation is 1. The standard InChI is InChI=1S/C20H26N4OS/c1-2-3-15-24-19(25)17-10-5-6-11-18(17)22-20(24)26-16-8-4-7-13-23-14-9-12-21-23/h5-6,9-12,14H,2-4,7-8,13,15-16H2,1H3. The topological polar surface area (TPSA) is 52.7 Å². The number of aromatic nitrogens is 4. The lowest BCUT2D eigenvalue weighted by Gasteiger charge is -2.12. The smallest absolute Gasteiger partial charge is 0.262 e. The summed E-state index contributed by atoms with van der Waals surface area (Å²) in [5, 5.41) is 5.79. The van der Waals surface area contributed by atoms with Crippen LogP contribution in [0.25, 0.3) is 10.9 Å². The largest absolute Gasteiger partial charge is 0.287 e. The number of fused-ring (bicyclic) bond motifs is 1. The molecule has 0 unspecified atom stereocenters. The van der Waals surface area contributed by atoms with Crippen LogP contribution in [0.3, 0.4) is 0 Å². The first-order valence-electron chi connectivity index (χ1n) is 9.39. The van der Waals surface area contributed by atoms with E-state index in [2.05, 4.69) is 12.0 Å². The van der Waals surface area contributed by atoms with Gasteiger partial charge in [-0.2, -0.15) is 5.10 Å². The third-order valence-electron chi connectivity index (χ3n) is 4.38. The van der Waals surface area contributed by atoms with Crippen LogP contribution in [0.15, 0.2) is 52.7 Å². The lowest BCUT2D eigenvalue weighted by atomic mass is 10.2. The van der Waals surface area contributed by atoms with Crippen LogP contribution in [0.5, 0.6) is 0 Å². The highest BCUT2D eigenvalue weighted by molar-refractivity contribution is 7.99. The Labute approximate surface area is 158 Å². The second kappa shape index (κ2) is 9.57. The molecule has 0 aliphatic carbocycles. The number of unbranched alkanes of at least 4 members (excludes halogenated alkanes) is 3. The molecule has 26 heavy (non-hydrogen) atoms. The van der Waals surface area contributed by atoms with E-state index < -0.39 is 0 Å². The van der Waals surface area contributed by atoms with Gasteiger partial charge in [-0.1, -0.05) is 43.7 Å². The van der Waals surface area contributed by atoms with Crippen molar-refractivity contribution in [3.8, 4) is 0 Å². The van der Waals surface area contributed by atoms with E-state index in [1.54, 1.807) is 11.8 Å². The van der Waals surface area contributed by atoms with Crippen molar-refractivity contribution in [1.29, 1.82) is 0 Å². The van der Waals surface area contributed by atoms with E-state index in [4.69, 9.17) is 4.98 Å². The van der Waals surface area contributed by atoms with Crippen LogP contribution < -0.4 is 5.56 Å². The van der Waals surface area contributed by atoms with Gasteiger partial charge < -0.3 is 0 Å². The van der Waals surface area contributed by atoms with Gasteiger partial charge in [0.25, 0.3) is 5.56 Å². The molecule has 0 saturated carbocycles. The minimum absolute atomic E-state index is 0.0882. The third kappa shape index (κ3) is 4.75. The summed E-state index contributed by atoms with van der Waals surface area (Å²) in [6.07, 6.45) is 9.27. The van der Waals surface area contributed by atoms with E-state index in [0.29, 0.717) is 5.39 Å². The highest BCUT2D eigenvalue weighted by Gasteiger charge is 2.10. The molecule has 0 atom stereocenters. The molecule has 0 fully saturated rings. The van der Waals surface area contributed by atoms with Gasteiger partial charge in [-0.15, -0.1) is 0 Å². The molecule has 0 amide bonds. The predicted molar refractivity (Wildman–Crippen MR) is 108 cm³/mol. The van der Waals surface area contributed by atoms with Crippen LogP contribution in [0.2, 0.25) is 0 Å². The molecule has 2 heterocycles. The Morgan fingerprint density at radius 3 is 2.73 bits per heavy atom. The Morgan fingerprint density at radius 1 is 1.04 bits per heavy atom. The van der Waals surface area contributed by atoms with Gasteiger partial charge in [-0.05, 0) is 37.5 Å². The van der Waals surface area contributed by atoms with Crippen molar-refractivity contribution in [1.82, 2.24) is 19.3 Å². The molecule has 3 rings (SSSR count). The quantitative estimate of drug-likeness (QED) is 0.302. The van der Waals surface area contributed by atoms with Crippen molar-refractivity contribution in [2.45, 2.75) is 57.3 Å². The van der Waals surface area contributed by atoms with Crippen LogP contribution in [-0.2, 0) is 13.1 Å². The highest BCUT2D eigenvalue weighted by atomic mass is 32.2. The van der Waals surface area contributed by atoms with Crippen LogP contribution in [0, 0.1) is 0 Å². The number of hydrogen-bond donors (Lipinski definition) is 0. The molecule has 0 bridgehead atoms. The number of benzene rings is 1. The van der Waals surface area contributed by atoms with Gasteiger partial charge in [-0.3, -0.25) is 14.0 Å². The lowest BCUT2D eigenvalue weighted by molar-refractivity contribution is 0.551. The minimum atomic E-state index is 0.0882. The van der Waals surface area contributed by atoms with Crippen LogP contribution in [-0.4, -0.2) is 25.1 Å². The van der Waals surface area contributed by atoms with Crippen molar-refractivity contribution >= 4 is 22.7 Å². The number of rotatable bonds is 10. The summed E-state index contributed by atoms with van der Waals surface area (Å²) in [5.74, 6) is 0.982. The first-order chi connectivity index (χ1) is 12.8. The number of thioether (sulfide) groups is 1. The minimum Gasteiger partial charge on any atom is -0.287 e. The Bertz CT molecular complexity index is 873. The second-order valence-corrected chi connectivity index (χ2v) is 7.46. The summed E-state index contributed by atoms with van der Waals surface area (Å²) >= 11 is 1.70. The third-order valence-corrected chi connectivity index (χ3v) is 5.45. The van der Waals surface area contributed by atoms with Crippen LogP contribution in [0.4, 0.5) is 0 Å². The zero-order chi connectivity index (χ0) is 18.2. The molecule has 0 aliphatic rings. The molecular weight excluding hydrogens is 344 g/mol. The summed E-state index contributed by atoms with van der Waals surface area (Å²) in [4.78, 5) is 17.6. The number of para-hydroxylation sites is 1. The molecule has 0 aliphatic heterocycles. The summed E-state index contributed by atoms with van der Waals surface area (Å²) in [6, 6.07) is 9.60. The Kier molecular flexibility index (Phi) is 6.89. The summed E-state index contributed by atoms with van der Waals surface area (Å²) in [6.45, 7) is 3.85. The first kappa shape index (κ1) is 18.7. The average Bonchev–Trinajstić information content (AvgIpc) is 3.17. The van der Waals surface area contributed by atoms with E-state index >= 15 is 0 Å². The average molecular weight is 371 g/mol. The predicted octanol–water partition coefficient (Wildman–Crippen LogP) is 4.36. The summed E-state index contributed by atoms with van der Waals surface area (Å²) < 4.78 is 3.83. The van der Waals surface area contributed by atoms with Gasteiger partial charge in [0, 0.05) is 31.2 Å². The van der Waals surface area contributed by atoms with E-state index in [0.717, 1.165) is 61.6 Å². The normalized spacial score (nSPS) is 11.3. The van der Waals surface area contributed by atoms with Crippen molar-refractivity contribution in [2.24, 2.45) is 0 Å². The van der Waals surface area contributed by atoms with Gasteiger partial charge >= 0.3 is 0 Å². The number of hydrogen-bond acceptors (Lipinski definition) is 4. The van der Waals surface area contributed by atoms with E-state index in [1.165, 1.54) is 0 Å². The maximum absolute atomic E-state index is 12.8. The fourth-order valence-electron chi connectivity index (χ4n) is 2.92. The zero-order valence-electron chi connectivity index (χ0n) is 15.3. The maximum Gasteiger partial charge on any atom is 0.262 e. The Balaban J connectivity index is 1.61. The molecule has 3 aromatic rings. The molecule has 5 nitrogen and oxygen atoms in total. The first-order valence-corrected chi connectivity index (χ1v) is 10.4. The van der Waals surface area contributed by atoms with Gasteiger partial charge in [0.1, 0.15) is 0 Å². The van der Waals surface area contributed by atoms with Crippen LogP contribution in [0.1, 0.15) is 39.0 Å². The second-order valence-electron chi connectivity index (χ2n) is 6.40. The van der Waals surface area contributed by atoms with Gasteiger partial charge in [0.05, 0.1) is 10.9 Å². The molecule has 1 aromatic carbocycles. The number of nitrogens with zero attached hydrogens (tertiary/aromatic N) is 4. The van der Waals surface area contributed by atoms with Crippen LogP contribution >= 0.6 is 11.8 Å². The van der Waals surface area contributed by atoms with Gasteiger partial charge in [0.2, 0.25) is 0 Å². The fourth-order valence-corrected chi connectivity index (χ4v) is 3.94. The molecule has 0 N–H and O–H groups in total. The molecule has 0 saturated heterocycles. The molecule has 0 spiro atoms. The SMILES string of the molecule is CCCCn1c(SCCCCCn2cccn2)nc2ccccc2c1=O. The van der Waals surface area contributed by atoms with Crippen molar-refractivity contribution in [3.05, 3.63) is 53.1 Å². The Hall–Kier alpha value is -2.08. The highest BCUT2D eigenvalue weighted by Crippen LogP contribution is 2.20. The van der Waals surface area contributed by atoms with E-state index in [9.17, 15) is 4.79 Å². The van der Waals surface area contributed by atoms with Gasteiger partial charge in [-0.25, -0.2) is 4.98 Å². The van der Waals surface area contributed by atoms with E-state index in [-0.39, 0.29) is 5.56 Å². The Morgan fingerprint density at radius 2 is 1.92 bits per heavy atom. The molecular formula is C20H26N4OS. The van der Waals surface area contributed by atoms with Crippen molar-refractivity contribution in [2.75, 3.05) is 5.75 Å². The van der Waals surface area contributed by atoms with Crippen molar-refractivity contribution < 1.29 is 0 Å². The molecule has 0 radical (unpaired) electrons. The lowest BCUT2D eigenvalue weighted by Crippen LogP contribution is -2.23. The zero-order valence-corrected chi connectivity index (χ0v) is 16.1. The fraction of sp³-hybridized carbons (Fsp3) is 0.450. The monoisotopic (exact) mass is 370 g/mol. The summed E-state index contributed by atoms with van der Waals surface area (Å²) in [5.41, 5.74) is 0.886. The molecule has 6 heteroatoms.